The molecular weight excluding hydrogens is 336 g/mol. The molecule has 0 aromatic heterocycles. The smallest absolute Gasteiger partial charge is 0.232 e. The van der Waals surface area contributed by atoms with E-state index in [0.29, 0.717) is 11.7 Å². The van der Waals surface area contributed by atoms with Crippen molar-refractivity contribution in [1.29, 1.82) is 0 Å². The van der Waals surface area contributed by atoms with Crippen molar-refractivity contribution in [3.05, 3.63) is 29.3 Å². The minimum absolute atomic E-state index is 0.0593. The Bertz CT molecular complexity index is 715. The topological polar surface area (TPSA) is 57.7 Å². The summed E-state index contributed by atoms with van der Waals surface area (Å²) in [6.45, 7) is 7.04. The van der Waals surface area contributed by atoms with Crippen molar-refractivity contribution in [2.45, 2.75) is 58.9 Å². The number of likely N-dealkylation sites (tertiary alicyclic amines) is 1. The van der Waals surface area contributed by atoms with Crippen molar-refractivity contribution in [2.75, 3.05) is 23.7 Å². The van der Waals surface area contributed by atoms with Gasteiger partial charge in [0.1, 0.15) is 0 Å². The molecule has 0 spiro atoms. The van der Waals surface area contributed by atoms with E-state index in [1.54, 1.807) is 0 Å². The summed E-state index contributed by atoms with van der Waals surface area (Å²) >= 11 is 0. The van der Waals surface area contributed by atoms with Crippen LogP contribution in [0.1, 0.15) is 50.2 Å². The predicted molar refractivity (Wildman–Crippen MR) is 102 cm³/mol. The molecule has 1 aromatic carbocycles. The summed E-state index contributed by atoms with van der Waals surface area (Å²) in [6, 6.07) is 5.90. The van der Waals surface area contributed by atoms with Crippen LogP contribution < -0.4 is 4.31 Å². The molecule has 1 atom stereocenters. The lowest BCUT2D eigenvalue weighted by atomic mass is 9.99. The number of carbonyl (C=O) groups excluding carboxylic acids is 1. The molecule has 1 fully saturated rings. The van der Waals surface area contributed by atoms with Crippen LogP contribution >= 0.6 is 0 Å². The molecule has 6 heteroatoms. The van der Waals surface area contributed by atoms with Gasteiger partial charge in [0, 0.05) is 25.6 Å². The van der Waals surface area contributed by atoms with E-state index in [2.05, 4.69) is 6.92 Å². The van der Waals surface area contributed by atoms with E-state index in [1.807, 2.05) is 36.9 Å². The highest BCUT2D eigenvalue weighted by Crippen LogP contribution is 2.23. The highest BCUT2D eigenvalue weighted by molar-refractivity contribution is 7.92. The fourth-order valence-corrected chi connectivity index (χ4v) is 4.38. The Labute approximate surface area is 152 Å². The summed E-state index contributed by atoms with van der Waals surface area (Å²) in [5, 5.41) is 0. The first kappa shape index (κ1) is 19.8. The number of carbonyl (C=O) groups is 1. The van der Waals surface area contributed by atoms with Crippen LogP contribution in [0, 0.1) is 13.8 Å². The lowest BCUT2D eigenvalue weighted by Gasteiger charge is -2.36. The Morgan fingerprint density at radius 2 is 1.96 bits per heavy atom. The lowest BCUT2D eigenvalue weighted by molar-refractivity contribution is -0.134. The third kappa shape index (κ3) is 4.97. The largest absolute Gasteiger partial charge is 0.340 e. The number of anilines is 1. The number of hydrogen-bond acceptors (Lipinski definition) is 3. The molecule has 25 heavy (non-hydrogen) atoms. The van der Waals surface area contributed by atoms with Gasteiger partial charge in [-0.1, -0.05) is 13.0 Å². The van der Waals surface area contributed by atoms with E-state index in [1.165, 1.54) is 17.0 Å². The molecule has 0 aliphatic carbocycles. The average Bonchev–Trinajstić information content (AvgIpc) is 2.56. The summed E-state index contributed by atoms with van der Waals surface area (Å²) in [6.07, 6.45) is 5.63. The van der Waals surface area contributed by atoms with Crippen LogP contribution in [0.4, 0.5) is 5.69 Å². The fraction of sp³-hybridized carbons (Fsp3) is 0.632. The van der Waals surface area contributed by atoms with Gasteiger partial charge in [0.2, 0.25) is 15.9 Å². The van der Waals surface area contributed by atoms with Gasteiger partial charge in [0.05, 0.1) is 11.9 Å². The number of piperidine rings is 1. The van der Waals surface area contributed by atoms with Gasteiger partial charge in [-0.3, -0.25) is 9.10 Å². The standard InChI is InChI=1S/C19H30N2O3S/c1-5-17-8-6-7-12-20(17)19(22)11-13-21(25(4,23)24)18-10-9-15(2)16(3)14-18/h9-10,14,17H,5-8,11-13H2,1-4H3. The molecule has 1 amide bonds. The molecule has 2 rings (SSSR count). The number of sulfonamides is 1. The number of aryl methyl sites for hydroxylation is 2. The molecule has 1 heterocycles. The maximum Gasteiger partial charge on any atom is 0.232 e. The van der Waals surface area contributed by atoms with E-state index >= 15 is 0 Å². The molecule has 5 nitrogen and oxygen atoms in total. The molecule has 0 bridgehead atoms. The van der Waals surface area contributed by atoms with Gasteiger partial charge in [0.25, 0.3) is 0 Å². The highest BCUT2D eigenvalue weighted by Gasteiger charge is 2.26. The monoisotopic (exact) mass is 366 g/mol. The van der Waals surface area contributed by atoms with Crippen molar-refractivity contribution in [3.63, 3.8) is 0 Å². The second-order valence-corrected chi connectivity index (χ2v) is 8.91. The van der Waals surface area contributed by atoms with Crippen LogP contribution in [0.25, 0.3) is 0 Å². The minimum atomic E-state index is -3.43. The molecule has 1 aliphatic rings. The van der Waals surface area contributed by atoms with Crippen molar-refractivity contribution in [1.82, 2.24) is 4.90 Å². The molecule has 140 valence electrons. The Morgan fingerprint density at radius 3 is 2.56 bits per heavy atom. The Hall–Kier alpha value is -1.56. The molecular formula is C19H30N2O3S. The summed E-state index contributed by atoms with van der Waals surface area (Å²) in [5.74, 6) is 0.0593. The van der Waals surface area contributed by atoms with Gasteiger partial charge in [-0.15, -0.1) is 0 Å². The normalized spacial score (nSPS) is 18.2. The number of hydrogen-bond donors (Lipinski definition) is 0. The maximum atomic E-state index is 12.7. The minimum Gasteiger partial charge on any atom is -0.340 e. The van der Waals surface area contributed by atoms with E-state index in [0.717, 1.165) is 36.9 Å². The van der Waals surface area contributed by atoms with Gasteiger partial charge < -0.3 is 4.90 Å². The zero-order valence-electron chi connectivity index (χ0n) is 15.8. The van der Waals surface area contributed by atoms with Crippen molar-refractivity contribution in [3.8, 4) is 0 Å². The number of nitrogens with zero attached hydrogens (tertiary/aromatic N) is 2. The lowest BCUT2D eigenvalue weighted by Crippen LogP contribution is -2.44. The fourth-order valence-electron chi connectivity index (χ4n) is 3.46. The first-order valence-electron chi connectivity index (χ1n) is 9.08. The number of benzene rings is 1. The van der Waals surface area contributed by atoms with E-state index in [9.17, 15) is 13.2 Å². The van der Waals surface area contributed by atoms with Crippen LogP contribution in [0.15, 0.2) is 18.2 Å². The van der Waals surface area contributed by atoms with Crippen molar-refractivity contribution < 1.29 is 13.2 Å². The first-order chi connectivity index (χ1) is 11.7. The van der Waals surface area contributed by atoms with Crippen LogP contribution in [0.2, 0.25) is 0 Å². The molecule has 0 saturated carbocycles. The summed E-state index contributed by atoms with van der Waals surface area (Å²) in [7, 11) is -3.43. The summed E-state index contributed by atoms with van der Waals surface area (Å²) in [4.78, 5) is 14.6. The van der Waals surface area contributed by atoms with Gasteiger partial charge in [-0.25, -0.2) is 8.42 Å². The van der Waals surface area contributed by atoms with Crippen molar-refractivity contribution in [2.24, 2.45) is 0 Å². The van der Waals surface area contributed by atoms with Crippen LogP contribution in [-0.2, 0) is 14.8 Å². The van der Waals surface area contributed by atoms with E-state index < -0.39 is 10.0 Å². The zero-order valence-corrected chi connectivity index (χ0v) is 16.6. The zero-order chi connectivity index (χ0) is 18.6. The Kier molecular flexibility index (Phi) is 6.49. The average molecular weight is 367 g/mol. The van der Waals surface area contributed by atoms with Gasteiger partial charge >= 0.3 is 0 Å². The second kappa shape index (κ2) is 8.21. The molecule has 1 aromatic rings. The van der Waals surface area contributed by atoms with Gasteiger partial charge in [0.15, 0.2) is 0 Å². The Morgan fingerprint density at radius 1 is 1.24 bits per heavy atom. The second-order valence-electron chi connectivity index (χ2n) is 7.00. The predicted octanol–water partition coefficient (Wildman–Crippen LogP) is 3.25. The quantitative estimate of drug-likeness (QED) is 0.776. The number of amides is 1. The van der Waals surface area contributed by atoms with Gasteiger partial charge in [-0.05, 0) is 62.8 Å². The summed E-state index contributed by atoms with van der Waals surface area (Å²) in [5.41, 5.74) is 2.79. The van der Waals surface area contributed by atoms with Crippen LogP contribution in [0.5, 0.6) is 0 Å². The summed E-state index contributed by atoms with van der Waals surface area (Å²) < 4.78 is 25.8. The SMILES string of the molecule is CCC1CCCCN1C(=O)CCN(c1ccc(C)c(C)c1)S(C)(=O)=O. The first-order valence-corrected chi connectivity index (χ1v) is 10.9. The third-order valence-corrected chi connectivity index (χ3v) is 6.32. The Balaban J connectivity index is 2.12. The van der Waals surface area contributed by atoms with Crippen LogP contribution in [-0.4, -0.2) is 44.6 Å². The molecule has 0 N–H and O–H groups in total. The maximum absolute atomic E-state index is 12.7. The van der Waals surface area contributed by atoms with E-state index in [4.69, 9.17) is 0 Å². The molecule has 0 radical (unpaired) electrons. The molecule has 1 saturated heterocycles. The third-order valence-electron chi connectivity index (χ3n) is 5.13. The van der Waals surface area contributed by atoms with Gasteiger partial charge in [-0.2, -0.15) is 0 Å². The highest BCUT2D eigenvalue weighted by atomic mass is 32.2. The van der Waals surface area contributed by atoms with Crippen LogP contribution in [0.3, 0.4) is 0 Å². The van der Waals surface area contributed by atoms with E-state index in [-0.39, 0.29) is 18.9 Å². The molecule has 1 aliphatic heterocycles. The van der Waals surface area contributed by atoms with Crippen molar-refractivity contribution >= 4 is 21.6 Å². The number of rotatable bonds is 6. The molecule has 1 unspecified atom stereocenters.